The fourth-order valence-corrected chi connectivity index (χ4v) is 4.48. The molecule has 0 fully saturated rings. The van der Waals surface area contributed by atoms with Crippen molar-refractivity contribution in [3.05, 3.63) is 96.5 Å². The summed E-state index contributed by atoms with van der Waals surface area (Å²) in [6.07, 6.45) is 2.30. The van der Waals surface area contributed by atoms with Gasteiger partial charge in [0, 0.05) is 25.7 Å². The Labute approximate surface area is 210 Å². The van der Waals surface area contributed by atoms with E-state index in [4.69, 9.17) is 4.74 Å². The summed E-state index contributed by atoms with van der Waals surface area (Å²) in [4.78, 5) is 12.7. The predicted octanol–water partition coefficient (Wildman–Crippen LogP) is 6.90. The Hall–Kier alpha value is -2.63. The van der Waals surface area contributed by atoms with E-state index in [1.807, 2.05) is 68.4 Å². The topological polar surface area (TPSA) is 62.1 Å². The van der Waals surface area contributed by atoms with E-state index in [-0.39, 0.29) is 5.57 Å². The molecule has 32 heavy (non-hydrogen) atoms. The zero-order valence-corrected chi connectivity index (χ0v) is 21.5. The summed E-state index contributed by atoms with van der Waals surface area (Å²) in [5.74, 6) is 0.307. The highest BCUT2D eigenvalue weighted by atomic mass is 127. The number of nitrogens with zero attached hydrogens (tertiary/aromatic N) is 1. The molecule has 0 aliphatic heterocycles. The van der Waals surface area contributed by atoms with Gasteiger partial charge >= 0.3 is 0 Å². The quantitative estimate of drug-likeness (QED) is 0.182. The molecule has 3 rings (SSSR count). The Kier molecular flexibility index (Phi) is 8.48. The van der Waals surface area contributed by atoms with Crippen LogP contribution in [0.3, 0.4) is 0 Å². The Bertz CT molecular complexity index is 1210. The summed E-state index contributed by atoms with van der Waals surface area (Å²) in [7, 11) is 0. The number of halogens is 2. The van der Waals surface area contributed by atoms with E-state index in [1.165, 1.54) is 0 Å². The van der Waals surface area contributed by atoms with Crippen molar-refractivity contribution >= 4 is 56.2 Å². The second-order valence-electron chi connectivity index (χ2n) is 7.17. The zero-order valence-electron chi connectivity index (χ0n) is 17.8. The van der Waals surface area contributed by atoms with Crippen LogP contribution in [0.15, 0.2) is 70.7 Å². The second-order valence-corrected chi connectivity index (χ2v) is 9.19. The molecule has 0 spiro atoms. The van der Waals surface area contributed by atoms with Crippen LogP contribution in [-0.4, -0.2) is 12.5 Å². The molecule has 0 aliphatic carbocycles. The average Bonchev–Trinajstić information content (AvgIpc) is 2.75. The van der Waals surface area contributed by atoms with Gasteiger partial charge in [-0.15, -0.1) is 0 Å². The van der Waals surface area contributed by atoms with Gasteiger partial charge in [-0.2, -0.15) is 5.26 Å². The molecule has 4 nitrogen and oxygen atoms in total. The maximum absolute atomic E-state index is 12.7. The number of aryl methyl sites for hydroxylation is 1. The molecule has 0 aliphatic rings. The molecule has 3 aromatic carbocycles. The van der Waals surface area contributed by atoms with Crippen LogP contribution in [0.4, 0.5) is 5.69 Å². The number of amides is 1. The number of nitriles is 1. The van der Waals surface area contributed by atoms with Crippen LogP contribution >= 0.6 is 38.5 Å². The van der Waals surface area contributed by atoms with Gasteiger partial charge in [-0.1, -0.05) is 46.3 Å². The van der Waals surface area contributed by atoms with Gasteiger partial charge < -0.3 is 10.1 Å². The van der Waals surface area contributed by atoms with Crippen molar-refractivity contribution in [1.82, 2.24) is 0 Å². The molecule has 0 saturated carbocycles. The number of hydrogen-bond acceptors (Lipinski definition) is 3. The summed E-state index contributed by atoms with van der Waals surface area (Å²) in [6, 6.07) is 21.4. The van der Waals surface area contributed by atoms with E-state index >= 15 is 0 Å². The highest BCUT2D eigenvalue weighted by molar-refractivity contribution is 14.1. The highest BCUT2D eigenvalue weighted by Gasteiger charge is 2.15. The highest BCUT2D eigenvalue weighted by Crippen LogP contribution is 2.31. The smallest absolute Gasteiger partial charge is 0.266 e. The van der Waals surface area contributed by atoms with E-state index in [0.29, 0.717) is 18.7 Å². The molecular formula is C26H22BrIN2O2. The fraction of sp³-hybridized carbons (Fsp3) is 0.154. The first kappa shape index (κ1) is 24.0. The number of rotatable bonds is 7. The van der Waals surface area contributed by atoms with Gasteiger partial charge in [-0.05, 0) is 89.5 Å². The van der Waals surface area contributed by atoms with Gasteiger partial charge in [0.25, 0.3) is 5.91 Å². The lowest BCUT2D eigenvalue weighted by Crippen LogP contribution is -2.13. The SMILES string of the molecule is CCOc1cc(/C=C(\C#N)C(=O)Nc2cccc(C)c2)cc(I)c1Cc1ccccc1Br. The van der Waals surface area contributed by atoms with Crippen LogP contribution in [0, 0.1) is 21.8 Å². The van der Waals surface area contributed by atoms with E-state index < -0.39 is 5.91 Å². The molecule has 1 N–H and O–H groups in total. The van der Waals surface area contributed by atoms with Crippen molar-refractivity contribution in [3.63, 3.8) is 0 Å². The summed E-state index contributed by atoms with van der Waals surface area (Å²) in [5, 5.41) is 12.4. The first-order valence-electron chi connectivity index (χ1n) is 10.1. The van der Waals surface area contributed by atoms with Crippen LogP contribution in [-0.2, 0) is 11.2 Å². The fourth-order valence-electron chi connectivity index (χ4n) is 3.24. The minimum Gasteiger partial charge on any atom is -0.494 e. The molecule has 0 heterocycles. The molecular weight excluding hydrogens is 579 g/mol. The third-order valence-corrected chi connectivity index (χ3v) is 6.49. The number of hydrogen-bond donors (Lipinski definition) is 1. The van der Waals surface area contributed by atoms with Crippen LogP contribution in [0.1, 0.15) is 29.2 Å². The standard InChI is InChI=1S/C26H22BrIN2O2/c1-3-32-25-14-18(13-24(28)22(25)15-19-8-4-5-10-23(19)27)12-20(16-29)26(31)30-21-9-6-7-17(2)11-21/h4-14H,3,15H2,1-2H3,(H,30,31)/b20-12+. The van der Waals surface area contributed by atoms with E-state index in [1.54, 1.807) is 12.1 Å². The largest absolute Gasteiger partial charge is 0.494 e. The minimum atomic E-state index is -0.441. The van der Waals surface area contributed by atoms with Gasteiger partial charge in [-0.25, -0.2) is 0 Å². The lowest BCUT2D eigenvalue weighted by Gasteiger charge is -2.15. The molecule has 0 aromatic heterocycles. The predicted molar refractivity (Wildman–Crippen MR) is 141 cm³/mol. The van der Waals surface area contributed by atoms with Gasteiger partial charge in [0.05, 0.1) is 6.61 Å². The molecule has 1 amide bonds. The number of ether oxygens (including phenoxy) is 1. The molecule has 0 saturated heterocycles. The van der Waals surface area contributed by atoms with Gasteiger partial charge in [-0.3, -0.25) is 4.79 Å². The van der Waals surface area contributed by atoms with Crippen molar-refractivity contribution in [1.29, 1.82) is 5.26 Å². The average molecular weight is 601 g/mol. The number of anilines is 1. The summed E-state index contributed by atoms with van der Waals surface area (Å²) < 4.78 is 7.97. The molecule has 3 aromatic rings. The third kappa shape index (κ3) is 6.21. The molecule has 0 radical (unpaired) electrons. The molecule has 0 unspecified atom stereocenters. The van der Waals surface area contributed by atoms with Crippen molar-refractivity contribution in [2.75, 3.05) is 11.9 Å². The monoisotopic (exact) mass is 600 g/mol. The first-order chi connectivity index (χ1) is 15.4. The van der Waals surface area contributed by atoms with E-state index in [2.05, 4.69) is 49.9 Å². The number of carbonyl (C=O) groups excluding carboxylic acids is 1. The molecule has 162 valence electrons. The lowest BCUT2D eigenvalue weighted by molar-refractivity contribution is -0.112. The lowest BCUT2D eigenvalue weighted by atomic mass is 10.0. The van der Waals surface area contributed by atoms with Gasteiger partial charge in [0.2, 0.25) is 0 Å². The van der Waals surface area contributed by atoms with Crippen molar-refractivity contribution in [2.45, 2.75) is 20.3 Å². The number of benzene rings is 3. The third-order valence-electron chi connectivity index (χ3n) is 4.75. The Morgan fingerprint density at radius 1 is 1.19 bits per heavy atom. The minimum absolute atomic E-state index is 0.0308. The summed E-state index contributed by atoms with van der Waals surface area (Å²) in [6.45, 7) is 4.40. The van der Waals surface area contributed by atoms with Crippen LogP contribution in [0.5, 0.6) is 5.75 Å². The van der Waals surface area contributed by atoms with Crippen molar-refractivity contribution in [3.8, 4) is 11.8 Å². The first-order valence-corrected chi connectivity index (χ1v) is 12.0. The van der Waals surface area contributed by atoms with Crippen LogP contribution < -0.4 is 10.1 Å². The maximum atomic E-state index is 12.7. The van der Waals surface area contributed by atoms with Gasteiger partial charge in [0.15, 0.2) is 0 Å². The second kappa shape index (κ2) is 11.3. The van der Waals surface area contributed by atoms with Crippen molar-refractivity contribution < 1.29 is 9.53 Å². The molecule has 6 heteroatoms. The zero-order chi connectivity index (χ0) is 23.1. The normalized spacial score (nSPS) is 11.0. The number of carbonyl (C=O) groups is 1. The Morgan fingerprint density at radius 3 is 2.66 bits per heavy atom. The van der Waals surface area contributed by atoms with E-state index in [0.717, 1.165) is 36.0 Å². The van der Waals surface area contributed by atoms with Gasteiger partial charge in [0.1, 0.15) is 17.4 Å². The van der Waals surface area contributed by atoms with Crippen molar-refractivity contribution in [2.24, 2.45) is 0 Å². The summed E-state index contributed by atoms with van der Waals surface area (Å²) in [5.41, 5.74) is 4.68. The maximum Gasteiger partial charge on any atom is 0.266 e. The summed E-state index contributed by atoms with van der Waals surface area (Å²) >= 11 is 5.89. The number of nitrogens with one attached hydrogen (secondary N) is 1. The molecule has 0 bridgehead atoms. The van der Waals surface area contributed by atoms with Crippen LogP contribution in [0.2, 0.25) is 0 Å². The van der Waals surface area contributed by atoms with E-state index in [9.17, 15) is 10.1 Å². The Morgan fingerprint density at radius 2 is 1.97 bits per heavy atom. The van der Waals surface area contributed by atoms with Crippen LogP contribution in [0.25, 0.3) is 6.08 Å². The molecule has 0 atom stereocenters. The Balaban J connectivity index is 1.92.